The second-order valence-electron chi connectivity index (χ2n) is 2.04. The fraction of sp³-hybridized carbons (Fsp3) is 0.500. The van der Waals surface area contributed by atoms with Gasteiger partial charge in [0.25, 0.3) is 0 Å². The molecule has 0 radical (unpaired) electrons. The van der Waals surface area contributed by atoms with Crippen molar-refractivity contribution in [1.29, 1.82) is 0 Å². The lowest BCUT2D eigenvalue weighted by atomic mass is 10.2. The van der Waals surface area contributed by atoms with E-state index in [2.05, 4.69) is 9.68 Å². The van der Waals surface area contributed by atoms with Crippen molar-refractivity contribution >= 4 is 0 Å². The summed E-state index contributed by atoms with van der Waals surface area (Å²) in [6.07, 6.45) is -3.10. The largest absolute Gasteiger partial charge is 0.437 e. The van der Waals surface area contributed by atoms with Crippen LogP contribution in [0.15, 0.2) is 10.8 Å². The van der Waals surface area contributed by atoms with E-state index in [1.54, 1.807) is 6.92 Å². The quantitative estimate of drug-likeness (QED) is 0.637. The predicted octanol–water partition coefficient (Wildman–Crippen LogP) is 2.26. The molecular weight excluding hydrogens is 159 g/mol. The van der Waals surface area contributed by atoms with Gasteiger partial charge in [0, 0.05) is 5.56 Å². The van der Waals surface area contributed by atoms with Crippen LogP contribution in [0.2, 0.25) is 0 Å². The first kappa shape index (κ1) is 8.10. The summed E-state index contributed by atoms with van der Waals surface area (Å²) in [4.78, 5) is 0. The lowest BCUT2D eigenvalue weighted by Crippen LogP contribution is -2.07. The lowest BCUT2D eigenvalue weighted by molar-refractivity contribution is -0.143. The summed E-state index contributed by atoms with van der Waals surface area (Å²) in [5.41, 5.74) is -0.822. The van der Waals surface area contributed by atoms with Crippen molar-refractivity contribution in [2.45, 2.75) is 19.5 Å². The predicted molar refractivity (Wildman–Crippen MR) is 30.9 cm³/mol. The second kappa shape index (κ2) is 2.56. The van der Waals surface area contributed by atoms with Gasteiger partial charge in [0.1, 0.15) is 6.26 Å². The Morgan fingerprint density at radius 2 is 2.18 bits per heavy atom. The van der Waals surface area contributed by atoms with Crippen LogP contribution in [-0.4, -0.2) is 5.16 Å². The van der Waals surface area contributed by atoms with Crippen molar-refractivity contribution in [3.8, 4) is 0 Å². The van der Waals surface area contributed by atoms with E-state index in [-0.39, 0.29) is 12.0 Å². The number of aromatic nitrogens is 1. The molecule has 0 aromatic carbocycles. The highest BCUT2D eigenvalue weighted by atomic mass is 19.4. The Labute approximate surface area is 61.0 Å². The fourth-order valence-electron chi connectivity index (χ4n) is 0.742. The van der Waals surface area contributed by atoms with Crippen LogP contribution in [0, 0.1) is 0 Å². The Kier molecular flexibility index (Phi) is 1.89. The topological polar surface area (TPSA) is 26.0 Å². The van der Waals surface area contributed by atoms with E-state index >= 15 is 0 Å². The van der Waals surface area contributed by atoms with Gasteiger partial charge in [0.15, 0.2) is 5.69 Å². The van der Waals surface area contributed by atoms with Crippen molar-refractivity contribution in [3.05, 3.63) is 17.5 Å². The first-order valence-corrected chi connectivity index (χ1v) is 3.06. The van der Waals surface area contributed by atoms with Crippen molar-refractivity contribution in [1.82, 2.24) is 5.16 Å². The van der Waals surface area contributed by atoms with Crippen LogP contribution in [-0.2, 0) is 12.6 Å². The van der Waals surface area contributed by atoms with Gasteiger partial charge in [-0.05, 0) is 6.42 Å². The lowest BCUT2D eigenvalue weighted by Gasteiger charge is -2.01. The van der Waals surface area contributed by atoms with Crippen LogP contribution in [0.3, 0.4) is 0 Å². The molecule has 0 amide bonds. The van der Waals surface area contributed by atoms with Crippen LogP contribution < -0.4 is 0 Å². The third-order valence-corrected chi connectivity index (χ3v) is 1.29. The van der Waals surface area contributed by atoms with E-state index in [0.29, 0.717) is 0 Å². The van der Waals surface area contributed by atoms with E-state index in [1.165, 1.54) is 0 Å². The number of halogens is 3. The molecule has 0 spiro atoms. The standard InChI is InChI=1S/C6H6F3NO/c1-2-4-3-11-10-5(4)6(7,8)9/h3H,2H2,1H3. The Morgan fingerprint density at radius 1 is 1.55 bits per heavy atom. The summed E-state index contributed by atoms with van der Waals surface area (Å²) in [6, 6.07) is 0. The van der Waals surface area contributed by atoms with Crippen molar-refractivity contribution in [2.75, 3.05) is 0 Å². The van der Waals surface area contributed by atoms with E-state index in [4.69, 9.17) is 0 Å². The molecule has 1 aromatic heterocycles. The third kappa shape index (κ3) is 1.53. The minimum atomic E-state index is -4.39. The maximum Gasteiger partial charge on any atom is 0.437 e. The molecule has 0 unspecified atom stereocenters. The molecule has 0 saturated carbocycles. The average molecular weight is 165 g/mol. The van der Waals surface area contributed by atoms with Crippen LogP contribution >= 0.6 is 0 Å². The minimum absolute atomic E-state index is 0.0949. The van der Waals surface area contributed by atoms with Gasteiger partial charge in [-0.2, -0.15) is 13.2 Å². The van der Waals surface area contributed by atoms with Gasteiger partial charge >= 0.3 is 6.18 Å². The maximum atomic E-state index is 11.9. The Balaban J connectivity index is 3.02. The molecule has 0 aliphatic heterocycles. The summed E-state index contributed by atoms with van der Waals surface area (Å²) in [5, 5.41) is 2.86. The van der Waals surface area contributed by atoms with E-state index in [1.807, 2.05) is 0 Å². The number of alkyl halides is 3. The zero-order valence-electron chi connectivity index (χ0n) is 5.77. The molecule has 0 aliphatic carbocycles. The van der Waals surface area contributed by atoms with Gasteiger partial charge < -0.3 is 4.52 Å². The fourth-order valence-corrected chi connectivity index (χ4v) is 0.742. The van der Waals surface area contributed by atoms with Gasteiger partial charge in [0.2, 0.25) is 0 Å². The molecule has 5 heteroatoms. The van der Waals surface area contributed by atoms with E-state index in [9.17, 15) is 13.2 Å². The first-order chi connectivity index (χ1) is 5.05. The molecular formula is C6H6F3NO. The van der Waals surface area contributed by atoms with Crippen LogP contribution in [0.5, 0.6) is 0 Å². The van der Waals surface area contributed by atoms with Gasteiger partial charge in [-0.3, -0.25) is 0 Å². The monoisotopic (exact) mass is 165 g/mol. The van der Waals surface area contributed by atoms with Gasteiger partial charge in [-0.15, -0.1) is 0 Å². The van der Waals surface area contributed by atoms with Gasteiger partial charge in [0.05, 0.1) is 0 Å². The van der Waals surface area contributed by atoms with E-state index < -0.39 is 11.9 Å². The number of rotatable bonds is 1. The number of nitrogens with zero attached hydrogens (tertiary/aromatic N) is 1. The Morgan fingerprint density at radius 3 is 2.55 bits per heavy atom. The molecule has 2 nitrogen and oxygen atoms in total. The van der Waals surface area contributed by atoms with Crippen molar-refractivity contribution in [2.24, 2.45) is 0 Å². The van der Waals surface area contributed by atoms with Crippen LogP contribution in [0.1, 0.15) is 18.2 Å². The smallest absolute Gasteiger partial charge is 0.364 e. The highest BCUT2D eigenvalue weighted by Gasteiger charge is 2.36. The summed E-state index contributed by atoms with van der Waals surface area (Å²) in [6.45, 7) is 1.61. The number of aryl methyl sites for hydroxylation is 1. The zero-order valence-corrected chi connectivity index (χ0v) is 5.77. The molecule has 11 heavy (non-hydrogen) atoms. The van der Waals surface area contributed by atoms with Crippen molar-refractivity contribution in [3.63, 3.8) is 0 Å². The van der Waals surface area contributed by atoms with Gasteiger partial charge in [-0.1, -0.05) is 12.1 Å². The van der Waals surface area contributed by atoms with Gasteiger partial charge in [-0.25, -0.2) is 0 Å². The summed E-state index contributed by atoms with van der Waals surface area (Å²) in [7, 11) is 0. The van der Waals surface area contributed by atoms with E-state index in [0.717, 1.165) is 6.26 Å². The van der Waals surface area contributed by atoms with Crippen molar-refractivity contribution < 1.29 is 17.7 Å². The highest BCUT2D eigenvalue weighted by Crippen LogP contribution is 2.30. The second-order valence-corrected chi connectivity index (χ2v) is 2.04. The van der Waals surface area contributed by atoms with Crippen LogP contribution in [0.4, 0.5) is 13.2 Å². The molecule has 0 aliphatic rings. The molecule has 0 bridgehead atoms. The molecule has 0 N–H and O–H groups in total. The number of hydrogen-bond acceptors (Lipinski definition) is 2. The summed E-state index contributed by atoms with van der Waals surface area (Å²) >= 11 is 0. The summed E-state index contributed by atoms with van der Waals surface area (Å²) in [5.74, 6) is 0. The molecule has 1 aromatic rings. The Bertz CT molecular complexity index is 240. The highest BCUT2D eigenvalue weighted by molar-refractivity contribution is 5.17. The third-order valence-electron chi connectivity index (χ3n) is 1.29. The summed E-state index contributed by atoms with van der Waals surface area (Å²) < 4.78 is 40.0. The zero-order chi connectivity index (χ0) is 8.48. The Hall–Kier alpha value is -1.00. The maximum absolute atomic E-state index is 11.9. The normalized spacial score (nSPS) is 12.0. The molecule has 1 rings (SSSR count). The average Bonchev–Trinajstić information content (AvgIpc) is 2.31. The minimum Gasteiger partial charge on any atom is -0.364 e. The van der Waals surface area contributed by atoms with Crippen LogP contribution in [0.25, 0.3) is 0 Å². The molecule has 0 atom stereocenters. The molecule has 1 heterocycles. The molecule has 0 saturated heterocycles. The molecule has 62 valence electrons. The number of hydrogen-bond donors (Lipinski definition) is 0. The SMILES string of the molecule is CCc1conc1C(F)(F)F. The molecule has 0 fully saturated rings. The first-order valence-electron chi connectivity index (χ1n) is 3.06.